The van der Waals surface area contributed by atoms with Gasteiger partial charge in [-0.2, -0.15) is 0 Å². The Bertz CT molecular complexity index is 545. The molecule has 2 aromatic rings. The molecule has 0 atom stereocenters. The normalized spacial score (nSPS) is 10.2. The Morgan fingerprint density at radius 3 is 2.63 bits per heavy atom. The van der Waals surface area contributed by atoms with E-state index in [1.165, 1.54) is 0 Å². The van der Waals surface area contributed by atoms with Crippen LogP contribution in [-0.2, 0) is 6.54 Å². The summed E-state index contributed by atoms with van der Waals surface area (Å²) in [5.41, 5.74) is 2.68. The van der Waals surface area contributed by atoms with Gasteiger partial charge in [0.1, 0.15) is 5.82 Å². The average molecular weight is 258 g/mol. The first-order valence-corrected chi connectivity index (χ1v) is 6.31. The molecule has 1 aromatic heterocycles. The zero-order valence-electron chi connectivity index (χ0n) is 11.2. The largest absolute Gasteiger partial charge is 0.379 e. The first-order valence-electron chi connectivity index (χ1n) is 6.31. The molecule has 100 valence electrons. The van der Waals surface area contributed by atoms with Crippen LogP contribution >= 0.6 is 0 Å². The lowest BCUT2D eigenvalue weighted by Gasteiger charge is -2.06. The average Bonchev–Trinajstić information content (AvgIpc) is 2.83. The van der Waals surface area contributed by atoms with E-state index in [4.69, 9.17) is 0 Å². The number of aryl methyl sites for hydroxylation is 1. The van der Waals surface area contributed by atoms with Crippen LogP contribution in [0.25, 0.3) is 0 Å². The predicted molar refractivity (Wildman–Crippen MR) is 75.1 cm³/mol. The SMILES string of the molecule is CCNC(=O)c1ccc(NCc2cnc(C)[nH]2)cc1. The maximum absolute atomic E-state index is 11.6. The van der Waals surface area contributed by atoms with Crippen LogP contribution in [-0.4, -0.2) is 22.4 Å². The minimum Gasteiger partial charge on any atom is -0.379 e. The summed E-state index contributed by atoms with van der Waals surface area (Å²) < 4.78 is 0. The number of carbonyl (C=O) groups excluding carboxylic acids is 1. The Labute approximate surface area is 112 Å². The topological polar surface area (TPSA) is 69.8 Å². The second-order valence-electron chi connectivity index (χ2n) is 4.28. The van der Waals surface area contributed by atoms with E-state index < -0.39 is 0 Å². The molecule has 0 aliphatic carbocycles. The summed E-state index contributed by atoms with van der Waals surface area (Å²) in [5.74, 6) is 0.863. The molecule has 0 aliphatic heterocycles. The summed E-state index contributed by atoms with van der Waals surface area (Å²) in [6, 6.07) is 7.42. The number of imidazole rings is 1. The molecule has 3 N–H and O–H groups in total. The van der Waals surface area contributed by atoms with Gasteiger partial charge in [-0.05, 0) is 38.1 Å². The second kappa shape index (κ2) is 6.04. The van der Waals surface area contributed by atoms with Crippen LogP contribution < -0.4 is 10.6 Å². The van der Waals surface area contributed by atoms with Gasteiger partial charge in [0.25, 0.3) is 5.91 Å². The fraction of sp³-hybridized carbons (Fsp3) is 0.286. The van der Waals surface area contributed by atoms with Crippen LogP contribution in [0.5, 0.6) is 0 Å². The number of nitrogens with one attached hydrogen (secondary N) is 3. The highest BCUT2D eigenvalue weighted by atomic mass is 16.1. The van der Waals surface area contributed by atoms with E-state index in [0.717, 1.165) is 17.2 Å². The molecule has 19 heavy (non-hydrogen) atoms. The minimum absolute atomic E-state index is 0.0433. The van der Waals surface area contributed by atoms with E-state index in [9.17, 15) is 4.79 Å². The molecule has 5 nitrogen and oxygen atoms in total. The van der Waals surface area contributed by atoms with Crippen LogP contribution in [0.15, 0.2) is 30.5 Å². The summed E-state index contributed by atoms with van der Waals surface area (Å²) in [6.45, 7) is 5.14. The lowest BCUT2D eigenvalue weighted by Crippen LogP contribution is -2.22. The molecule has 0 saturated heterocycles. The van der Waals surface area contributed by atoms with Gasteiger partial charge in [0.15, 0.2) is 0 Å². The van der Waals surface area contributed by atoms with Crippen LogP contribution in [0.1, 0.15) is 28.8 Å². The molecule has 1 amide bonds. The standard InChI is InChI=1S/C14H18N4O/c1-3-15-14(19)11-4-6-12(7-5-11)17-9-13-8-16-10(2)18-13/h4-8,17H,3,9H2,1-2H3,(H,15,19)(H,16,18). The molecule has 0 saturated carbocycles. The molecule has 1 aromatic carbocycles. The van der Waals surface area contributed by atoms with Crippen molar-refractivity contribution in [2.75, 3.05) is 11.9 Å². The van der Waals surface area contributed by atoms with Gasteiger partial charge in [0, 0.05) is 17.8 Å². The van der Waals surface area contributed by atoms with Crippen molar-refractivity contribution in [2.45, 2.75) is 20.4 Å². The summed E-state index contributed by atoms with van der Waals surface area (Å²) in [7, 11) is 0. The van der Waals surface area contributed by atoms with Gasteiger partial charge in [-0.25, -0.2) is 4.98 Å². The third-order valence-electron chi connectivity index (χ3n) is 2.72. The molecule has 0 unspecified atom stereocenters. The van der Waals surface area contributed by atoms with Gasteiger partial charge in [-0.3, -0.25) is 4.79 Å². The van der Waals surface area contributed by atoms with Crippen LogP contribution in [0.3, 0.4) is 0 Å². The van der Waals surface area contributed by atoms with Gasteiger partial charge in [0.05, 0.1) is 18.4 Å². The zero-order chi connectivity index (χ0) is 13.7. The first kappa shape index (κ1) is 13.1. The maximum atomic E-state index is 11.6. The molecule has 1 heterocycles. The van der Waals surface area contributed by atoms with Crippen molar-refractivity contribution in [1.29, 1.82) is 0 Å². The van der Waals surface area contributed by atoms with E-state index in [1.807, 2.05) is 44.3 Å². The number of aromatic amines is 1. The van der Waals surface area contributed by atoms with E-state index >= 15 is 0 Å². The quantitative estimate of drug-likeness (QED) is 0.769. The van der Waals surface area contributed by atoms with E-state index in [0.29, 0.717) is 18.7 Å². The fourth-order valence-corrected chi connectivity index (χ4v) is 1.76. The van der Waals surface area contributed by atoms with Crippen molar-refractivity contribution in [3.8, 4) is 0 Å². The molecule has 0 spiro atoms. The number of hydrogen-bond acceptors (Lipinski definition) is 3. The summed E-state index contributed by atoms with van der Waals surface area (Å²) >= 11 is 0. The van der Waals surface area contributed by atoms with E-state index in [-0.39, 0.29) is 5.91 Å². The molecular weight excluding hydrogens is 240 g/mol. The number of carbonyl (C=O) groups is 1. The maximum Gasteiger partial charge on any atom is 0.251 e. The van der Waals surface area contributed by atoms with Crippen molar-refractivity contribution < 1.29 is 4.79 Å². The van der Waals surface area contributed by atoms with Gasteiger partial charge in [-0.1, -0.05) is 0 Å². The first-order chi connectivity index (χ1) is 9.19. The number of amides is 1. The molecule has 5 heteroatoms. The number of hydrogen-bond donors (Lipinski definition) is 3. The van der Waals surface area contributed by atoms with Gasteiger partial charge < -0.3 is 15.6 Å². The summed E-state index contributed by atoms with van der Waals surface area (Å²) in [4.78, 5) is 18.9. The smallest absolute Gasteiger partial charge is 0.251 e. The number of anilines is 1. The van der Waals surface area contributed by atoms with Crippen molar-refractivity contribution in [2.24, 2.45) is 0 Å². The van der Waals surface area contributed by atoms with Crippen molar-refractivity contribution in [3.05, 3.63) is 47.5 Å². The number of H-pyrrole nitrogens is 1. The summed E-state index contributed by atoms with van der Waals surface area (Å²) in [5, 5.41) is 6.04. The van der Waals surface area contributed by atoms with Crippen LogP contribution in [0, 0.1) is 6.92 Å². The highest BCUT2D eigenvalue weighted by Crippen LogP contribution is 2.10. The number of benzene rings is 1. The van der Waals surface area contributed by atoms with Crippen LogP contribution in [0.2, 0.25) is 0 Å². The Balaban J connectivity index is 1.93. The molecule has 0 radical (unpaired) electrons. The second-order valence-corrected chi connectivity index (χ2v) is 4.28. The molecule has 0 aliphatic rings. The van der Waals surface area contributed by atoms with Gasteiger partial charge in [-0.15, -0.1) is 0 Å². The lowest BCUT2D eigenvalue weighted by molar-refractivity contribution is 0.0956. The third kappa shape index (κ3) is 3.58. The third-order valence-corrected chi connectivity index (χ3v) is 2.72. The van der Waals surface area contributed by atoms with Gasteiger partial charge >= 0.3 is 0 Å². The number of nitrogens with zero attached hydrogens (tertiary/aromatic N) is 1. The molecule has 2 rings (SSSR count). The minimum atomic E-state index is -0.0433. The summed E-state index contributed by atoms with van der Waals surface area (Å²) in [6.07, 6.45) is 1.81. The van der Waals surface area contributed by atoms with Crippen molar-refractivity contribution in [1.82, 2.24) is 15.3 Å². The molecular formula is C14H18N4O. The van der Waals surface area contributed by atoms with E-state index in [2.05, 4.69) is 20.6 Å². The zero-order valence-corrected chi connectivity index (χ0v) is 11.2. The van der Waals surface area contributed by atoms with E-state index in [1.54, 1.807) is 0 Å². The van der Waals surface area contributed by atoms with Crippen LogP contribution in [0.4, 0.5) is 5.69 Å². The Hall–Kier alpha value is -2.30. The monoisotopic (exact) mass is 258 g/mol. The predicted octanol–water partition coefficient (Wildman–Crippen LogP) is 2.08. The molecule has 0 fully saturated rings. The fourth-order valence-electron chi connectivity index (χ4n) is 1.76. The van der Waals surface area contributed by atoms with Gasteiger partial charge in [0.2, 0.25) is 0 Å². The number of rotatable bonds is 5. The van der Waals surface area contributed by atoms with Crippen molar-refractivity contribution in [3.63, 3.8) is 0 Å². The Kier molecular flexibility index (Phi) is 4.18. The molecule has 0 bridgehead atoms. The number of aromatic nitrogens is 2. The Morgan fingerprint density at radius 2 is 2.05 bits per heavy atom. The lowest BCUT2D eigenvalue weighted by atomic mass is 10.2. The van der Waals surface area contributed by atoms with Crippen molar-refractivity contribution >= 4 is 11.6 Å². The highest BCUT2D eigenvalue weighted by molar-refractivity contribution is 5.94. The Morgan fingerprint density at radius 1 is 1.32 bits per heavy atom. The highest BCUT2D eigenvalue weighted by Gasteiger charge is 2.03.